The van der Waals surface area contributed by atoms with E-state index in [2.05, 4.69) is 41.5 Å². The molecule has 2 fully saturated rings. The second-order valence-electron chi connectivity index (χ2n) is 33.5. The molecule has 0 bridgehead atoms. The quantitative estimate of drug-likeness (QED) is 0.0443. The molecule has 0 amide bonds. The monoisotopic (exact) mass is 1380 g/mol. The zero-order chi connectivity index (χ0) is 68.9. The Morgan fingerprint density at radius 3 is 0.474 bits per heavy atom. The van der Waals surface area contributed by atoms with Crippen LogP contribution in [-0.4, -0.2) is 36.9 Å². The van der Waals surface area contributed by atoms with Crippen LogP contribution >= 0.6 is 14.6 Å². The van der Waals surface area contributed by atoms with Crippen molar-refractivity contribution in [3.63, 3.8) is 0 Å². The molecule has 8 heteroatoms. The third kappa shape index (κ3) is 52.3. The minimum atomic E-state index is -4.80. The van der Waals surface area contributed by atoms with Crippen LogP contribution in [0.15, 0.2) is 0 Å². The van der Waals surface area contributed by atoms with E-state index in [1.165, 1.54) is 334 Å². The summed E-state index contributed by atoms with van der Waals surface area (Å²) >= 11 is 0. The van der Waals surface area contributed by atoms with E-state index in [0.29, 0.717) is 11.8 Å². The molecular formula is C87H174O6P2-4. The van der Waals surface area contributed by atoms with Gasteiger partial charge in [-0.3, -0.25) is 0 Å². The molecule has 0 aromatic rings. The number of hydrogen-bond acceptors (Lipinski definition) is 6. The average Bonchev–Trinajstić information content (AvgIpc) is 0.798. The van der Waals surface area contributed by atoms with Crippen LogP contribution in [0.5, 0.6) is 0 Å². The first-order chi connectivity index (χ1) is 46.2. The van der Waals surface area contributed by atoms with Gasteiger partial charge < -0.3 is 0 Å². The van der Waals surface area contributed by atoms with Crippen molar-refractivity contribution in [3.05, 3.63) is 0 Å². The molecule has 0 unspecified atom stereocenters. The average molecular weight is 1380 g/mol. The van der Waals surface area contributed by atoms with Crippen molar-refractivity contribution in [2.24, 2.45) is 17.3 Å². The van der Waals surface area contributed by atoms with Crippen molar-refractivity contribution in [1.29, 1.82) is 0 Å². The second kappa shape index (κ2) is 61.0. The third-order valence-corrected chi connectivity index (χ3v) is 30.3. The van der Waals surface area contributed by atoms with E-state index in [0.717, 1.165) is 128 Å². The Labute approximate surface area is 597 Å². The molecule has 0 aromatic heterocycles. The molecule has 0 aromatic carbocycles. The Balaban J connectivity index is 1.90. The molecule has 0 atom stereocenters. The molecule has 2 rings (SSSR count). The maximum absolute atomic E-state index is 15.0. The number of hydrogen-bond donors (Lipinski definition) is 0. The maximum atomic E-state index is 15.0. The van der Waals surface area contributed by atoms with E-state index >= 15 is 0 Å². The molecule has 95 heavy (non-hydrogen) atoms. The summed E-state index contributed by atoms with van der Waals surface area (Å²) < 4.78 is 13.2. The van der Waals surface area contributed by atoms with E-state index in [1.807, 2.05) is 0 Å². The zero-order valence-corrected chi connectivity index (χ0v) is 67.7. The topological polar surface area (TPSA) is 111 Å². The zero-order valence-electron chi connectivity index (χ0n) is 65.9. The van der Waals surface area contributed by atoms with Crippen molar-refractivity contribution in [2.75, 3.05) is 24.6 Å². The van der Waals surface area contributed by atoms with Gasteiger partial charge in [0, 0.05) is 0 Å². The van der Waals surface area contributed by atoms with Gasteiger partial charge in [-0.05, 0) is 0 Å². The van der Waals surface area contributed by atoms with E-state index in [9.17, 15) is 19.6 Å². The van der Waals surface area contributed by atoms with Crippen LogP contribution in [0.25, 0.3) is 0 Å². The normalized spacial score (nSPS) is 18.3. The number of rotatable bonds is 74. The van der Waals surface area contributed by atoms with Crippen LogP contribution in [0.1, 0.15) is 504 Å². The molecule has 572 valence electrons. The summed E-state index contributed by atoms with van der Waals surface area (Å²) in [5.41, 5.74) is 0.0963. The van der Waals surface area contributed by atoms with Crippen molar-refractivity contribution in [1.82, 2.24) is 0 Å². The standard InChI is InChI=1S/C87H174O6P2/c1-7-11-15-19-23-27-31-35-39-43-47-51-55-59-63-67-79-94(88,89,80-68-64-60-56-52-48-44-40-36-32-28-24-20-16-12-8-2)92-85-75-71-83(72-76-85)87(5,6)84-73-77-86(78-74-84)93-95(90,91,81-69-65-61-57-53-49-45-41-37-33-29-25-21-17-13-9-3)82-70-66-62-58-54-50-46-42-38-34-30-26-22-18-14-10-4/h83-86H,7-82H2,1-6H3/q-4. The van der Waals surface area contributed by atoms with Gasteiger partial charge >= 0.3 is 445 Å². The molecule has 0 N–H and O–H groups in total. The Bertz CT molecular complexity index is 1410. The van der Waals surface area contributed by atoms with Crippen molar-refractivity contribution < 1.29 is 28.6 Å². The van der Waals surface area contributed by atoms with Crippen LogP contribution in [0.2, 0.25) is 0 Å². The molecule has 0 aliphatic heterocycles. The molecule has 0 heterocycles. The predicted octanol–water partition coefficient (Wildman–Crippen LogP) is 28.2. The summed E-state index contributed by atoms with van der Waals surface area (Å²) in [6.07, 6.45) is 90.0. The van der Waals surface area contributed by atoms with Crippen LogP contribution in [0.3, 0.4) is 0 Å². The minimum absolute atomic E-state index is 0.0963. The molecule has 2 aliphatic rings. The van der Waals surface area contributed by atoms with Crippen molar-refractivity contribution in [2.45, 2.75) is 516 Å². The summed E-state index contributed by atoms with van der Waals surface area (Å²) in [5, 5.41) is 0. The first-order valence-corrected chi connectivity index (χ1v) is 49.2. The molecule has 2 aliphatic carbocycles. The Morgan fingerprint density at radius 1 is 0.211 bits per heavy atom. The summed E-state index contributed by atoms with van der Waals surface area (Å²) in [6.45, 7) is 14.1. The molecule has 0 saturated heterocycles. The van der Waals surface area contributed by atoms with E-state index in [-0.39, 0.29) is 42.3 Å². The van der Waals surface area contributed by atoms with Crippen molar-refractivity contribution >= 4 is 14.6 Å². The second-order valence-corrected chi connectivity index (χ2v) is 40.6. The van der Waals surface area contributed by atoms with Gasteiger partial charge in [-0.15, -0.1) is 0 Å². The molecule has 2 saturated carbocycles. The summed E-state index contributed by atoms with van der Waals surface area (Å²) in [4.78, 5) is 60.0. The molecule has 6 nitrogen and oxygen atoms in total. The van der Waals surface area contributed by atoms with E-state index in [4.69, 9.17) is 9.05 Å². The van der Waals surface area contributed by atoms with Crippen LogP contribution < -0.4 is 19.6 Å². The first kappa shape index (κ1) is 91.7. The fourth-order valence-corrected chi connectivity index (χ4v) is 23.1. The van der Waals surface area contributed by atoms with Gasteiger partial charge in [-0.25, -0.2) is 0 Å². The fraction of sp³-hybridized carbons (Fsp3) is 1.00. The Kier molecular flexibility index (Phi) is 58.9. The SMILES string of the molecule is CCCCCCCCCCCCCCCCCCP([O-])([O-])(CCCCCCCCCCCCCCCCCC)OC1CCC(C(C)(C)C2CCC(OP([O-])([O-])(CCCCCCCCCCCCCCCCCC)CCCCCCCCCCCCCCCCCC)CC2)CC1. The van der Waals surface area contributed by atoms with E-state index in [1.54, 1.807) is 0 Å². The van der Waals surface area contributed by atoms with Gasteiger partial charge in [0.2, 0.25) is 0 Å². The van der Waals surface area contributed by atoms with Gasteiger partial charge in [0.15, 0.2) is 0 Å². The predicted molar refractivity (Wildman–Crippen MR) is 419 cm³/mol. The molecule has 0 spiro atoms. The van der Waals surface area contributed by atoms with Gasteiger partial charge in [0.25, 0.3) is 0 Å². The van der Waals surface area contributed by atoms with Gasteiger partial charge in [-0.1, -0.05) is 156 Å². The summed E-state index contributed by atoms with van der Waals surface area (Å²) in [7, 11) is -9.61. The summed E-state index contributed by atoms with van der Waals surface area (Å²) in [6, 6.07) is 0. The molecular weight excluding hydrogens is 1200 g/mol. The summed E-state index contributed by atoms with van der Waals surface area (Å²) in [5.74, 6) is 1.02. The van der Waals surface area contributed by atoms with Crippen LogP contribution in [0, 0.1) is 17.3 Å². The van der Waals surface area contributed by atoms with Crippen molar-refractivity contribution in [3.8, 4) is 0 Å². The van der Waals surface area contributed by atoms with E-state index < -0.39 is 14.6 Å². The molecule has 0 radical (unpaired) electrons. The van der Waals surface area contributed by atoms with Gasteiger partial charge in [0.1, 0.15) is 0 Å². The Hall–Kier alpha value is 0.620. The van der Waals surface area contributed by atoms with Crippen LogP contribution in [-0.2, 0) is 9.05 Å². The third-order valence-electron chi connectivity index (χ3n) is 24.0. The first-order valence-electron chi connectivity index (χ1n) is 44.5. The Morgan fingerprint density at radius 2 is 0.337 bits per heavy atom. The fourth-order valence-electron chi connectivity index (χ4n) is 17.1. The van der Waals surface area contributed by atoms with Gasteiger partial charge in [0.05, 0.1) is 0 Å². The number of unbranched alkanes of at least 4 members (excludes halogenated alkanes) is 60. The van der Waals surface area contributed by atoms with Crippen LogP contribution in [0.4, 0.5) is 0 Å². The van der Waals surface area contributed by atoms with Gasteiger partial charge in [-0.2, -0.15) is 0 Å².